The van der Waals surface area contributed by atoms with E-state index in [0.717, 1.165) is 302 Å². The summed E-state index contributed by atoms with van der Waals surface area (Å²) in [6, 6.07) is 32.2. The van der Waals surface area contributed by atoms with Crippen LogP contribution in [0.5, 0.6) is 0 Å². The Hall–Kier alpha value is -8.50. The molecule has 12 heterocycles. The SMILES string of the molecule is C=C(N)N1CCC(CC(=O)N2CCC(=C3c4c(Br)cc(Cl)cc4CCc4cc(Br)c[n+](O)c43)CC2)CC1.C=C(N)N1CCC(CC(=O)N2CCC(=C3c4c(Br)cc(Cl)cc4CCc4cc(Br)c[n+](O)c43)CC2)CC1.C[n+]1ccc(CC(=O)N2CCC(=C3c4c(Br)cc(Cl)cc4CCc4cc(Br)c[n+](O)c43)CC2)cc1.C[n+]1ccc(CC(=O)N2CCC(=C3c4c(Br)cc(Cl)cc4CCc4cc(Br)c[n+](O)c43)CC2)cc1. The largest absolute Gasteiger partial charge is 0.386 e. The number of halogens is 12. The van der Waals surface area contributed by atoms with E-state index in [2.05, 4.69) is 175 Å². The number of benzene rings is 4. The minimum Gasteiger partial charge on any atom is -0.386 e. The van der Waals surface area contributed by atoms with Crippen molar-refractivity contribution in [3.63, 3.8) is 0 Å². The van der Waals surface area contributed by atoms with Gasteiger partial charge in [-0.05, 0) is 310 Å². The first-order chi connectivity index (χ1) is 69.0. The number of aryl methyl sites for hydroxylation is 10. The van der Waals surface area contributed by atoms with E-state index >= 15 is 0 Å². The standard InChI is InChI=1S/2C28H32Br2ClN4O2.2C27H26Br2ClN3O2/c2*1-17(32)33-8-4-18(5-9-33)12-25(36)34-10-6-19(7-11-34)27-26-20(14-23(31)15-24(26)30)2-3-21-13-22(29)16-35(37)28(21)27;2*1-31-8-4-17(5-9-31)12-24(34)32-10-6-18(7-11-32)26-25-19(14-22(30)15-23(25)29)2-3-20-13-21(28)16-33(35)27(20)26/h2*13-16,18,37H,1-12,32H2;2*4-5,8-9,13-16,35H,2-3,6-7,10-12H2,1H3/q2*+1;2*+2. The average molecular weight is 2540 g/mol. The molecule has 6 saturated heterocycles. The van der Waals surface area contributed by atoms with Crippen LogP contribution in [0, 0.1) is 11.8 Å². The van der Waals surface area contributed by atoms with Crippen LogP contribution in [0.25, 0.3) is 22.3 Å². The summed E-state index contributed by atoms with van der Waals surface area (Å²) in [5, 5.41) is 46.9. The lowest BCUT2D eigenvalue weighted by Gasteiger charge is -2.35. The molecule has 4 aromatic carbocycles. The Kier molecular flexibility index (Phi) is 35.0. The number of fused-ring (bicyclic) bond motifs is 8. The van der Waals surface area contributed by atoms with E-state index in [9.17, 15) is 40.0 Å². The Morgan fingerprint density at radius 2 is 0.535 bits per heavy atom. The fraction of sp³-hybridized carbons (Fsp3) is 0.364. The second-order valence-corrected chi connectivity index (χ2v) is 47.8. The van der Waals surface area contributed by atoms with Crippen molar-refractivity contribution < 1.29 is 68.1 Å². The summed E-state index contributed by atoms with van der Waals surface area (Å²) in [5.74, 6) is 2.82. The molecule has 0 bridgehead atoms. The van der Waals surface area contributed by atoms with Gasteiger partial charge >= 0.3 is 0 Å². The van der Waals surface area contributed by atoms with Crippen LogP contribution in [0.2, 0.25) is 20.1 Å². The van der Waals surface area contributed by atoms with Crippen molar-refractivity contribution in [1.82, 2.24) is 29.4 Å². The van der Waals surface area contributed by atoms with E-state index in [1.807, 2.05) is 140 Å². The first-order valence-electron chi connectivity index (χ1n) is 49.0. The molecule has 10 aliphatic rings. The average Bonchev–Trinajstić information content (AvgIpc) is 1.57. The highest BCUT2D eigenvalue weighted by Gasteiger charge is 2.42. The minimum atomic E-state index is 0.152. The van der Waals surface area contributed by atoms with Crippen molar-refractivity contribution >= 4 is 220 Å². The lowest BCUT2D eigenvalue weighted by molar-refractivity contribution is -0.906. The molecular weight excluding hydrogens is 2430 g/mol. The van der Waals surface area contributed by atoms with Gasteiger partial charge in [-0.15, -0.1) is 0 Å². The Morgan fingerprint density at radius 3 is 0.757 bits per heavy atom. The third-order valence-electron chi connectivity index (χ3n) is 29.6. The number of rotatable bonds is 10. The maximum atomic E-state index is 13.2. The molecule has 0 radical (unpaired) electrons. The highest BCUT2D eigenvalue weighted by molar-refractivity contribution is 9.11. The van der Waals surface area contributed by atoms with Crippen LogP contribution >= 0.6 is 174 Å². The van der Waals surface area contributed by atoms with Crippen molar-refractivity contribution in [3.8, 4) is 0 Å². The van der Waals surface area contributed by atoms with Gasteiger partial charge in [-0.3, -0.25) is 40.0 Å². The van der Waals surface area contributed by atoms with Gasteiger partial charge in [0.2, 0.25) is 48.4 Å². The monoisotopic (exact) mass is 2530 g/mol. The zero-order valence-electron chi connectivity index (χ0n) is 80.4. The summed E-state index contributed by atoms with van der Waals surface area (Å²) >= 11 is 54.9. The van der Waals surface area contributed by atoms with Crippen LogP contribution in [-0.2, 0) is 97.5 Å². The van der Waals surface area contributed by atoms with Gasteiger partial charge in [-0.1, -0.05) is 146 Å². The Bertz CT molecular complexity index is 6220. The molecule has 6 aromatic heterocycles. The maximum Gasteiger partial charge on any atom is 0.268 e. The fourth-order valence-corrected chi connectivity index (χ4v) is 28.4. The number of hydrogen-bond donors (Lipinski definition) is 6. The molecule has 20 rings (SSSR count). The molecule has 22 nitrogen and oxygen atoms in total. The molecule has 752 valence electrons. The lowest BCUT2D eigenvalue weighted by atomic mass is 9.88. The van der Waals surface area contributed by atoms with Crippen molar-refractivity contribution in [1.29, 1.82) is 0 Å². The van der Waals surface area contributed by atoms with Gasteiger partial charge in [0.05, 0.1) is 64.7 Å². The number of carbonyl (C=O) groups excluding carboxylic acids is 4. The summed E-state index contributed by atoms with van der Waals surface area (Å²) in [5.41, 5.74) is 39.6. The molecule has 4 amide bonds. The van der Waals surface area contributed by atoms with E-state index in [1.165, 1.54) is 52.3 Å². The Morgan fingerprint density at radius 1 is 0.319 bits per heavy atom. The quantitative estimate of drug-likeness (QED) is 0.0553. The van der Waals surface area contributed by atoms with E-state index in [0.29, 0.717) is 122 Å². The van der Waals surface area contributed by atoms with Crippen LogP contribution in [-0.4, -0.2) is 152 Å². The van der Waals surface area contributed by atoms with Crippen molar-refractivity contribution in [2.24, 2.45) is 37.4 Å². The molecular formula is C110H116Br8Cl4N14O8+6. The number of piperidine rings is 6. The van der Waals surface area contributed by atoms with Gasteiger partial charge in [0.15, 0.2) is 24.8 Å². The number of nitrogens with zero attached hydrogens (tertiary/aromatic N) is 12. The van der Waals surface area contributed by atoms with Crippen LogP contribution in [0.15, 0.2) is 230 Å². The second-order valence-electron chi connectivity index (χ2n) is 39.0. The zero-order chi connectivity index (χ0) is 102. The van der Waals surface area contributed by atoms with Gasteiger partial charge in [0, 0.05) is 217 Å². The second kappa shape index (κ2) is 47.1. The summed E-state index contributed by atoms with van der Waals surface area (Å²) in [4.78, 5) is 64.5. The van der Waals surface area contributed by atoms with Gasteiger partial charge in [0.1, 0.15) is 14.1 Å². The topological polar surface area (TPSA) is 244 Å². The van der Waals surface area contributed by atoms with Crippen LogP contribution < -0.4 is 39.5 Å². The molecule has 6 fully saturated rings. The number of nitrogens with two attached hydrogens (primary N) is 2. The van der Waals surface area contributed by atoms with Gasteiger partial charge in [-0.25, -0.2) is 9.13 Å². The summed E-state index contributed by atoms with van der Waals surface area (Å²) in [6.45, 7) is 16.6. The number of likely N-dealkylation sites (tertiary alicyclic amines) is 6. The molecule has 10 aromatic rings. The van der Waals surface area contributed by atoms with Crippen LogP contribution in [0.3, 0.4) is 0 Å². The fourth-order valence-electron chi connectivity index (χ4n) is 22.2. The molecule has 4 aliphatic carbocycles. The molecule has 0 spiro atoms. The Balaban J connectivity index is 0.000000132. The Labute approximate surface area is 928 Å². The highest BCUT2D eigenvalue weighted by Crippen LogP contribution is 2.49. The molecule has 8 N–H and O–H groups in total. The van der Waals surface area contributed by atoms with Gasteiger partial charge in [-0.2, -0.15) is 0 Å². The lowest BCUT2D eigenvalue weighted by Crippen LogP contribution is -2.40. The van der Waals surface area contributed by atoms with E-state index in [1.54, 1.807) is 24.8 Å². The molecule has 6 aliphatic heterocycles. The smallest absolute Gasteiger partial charge is 0.268 e. The maximum absolute atomic E-state index is 13.2. The predicted molar refractivity (Wildman–Crippen MR) is 587 cm³/mol. The van der Waals surface area contributed by atoms with Crippen molar-refractivity contribution in [2.45, 2.75) is 154 Å². The van der Waals surface area contributed by atoms with Crippen LogP contribution in [0.1, 0.15) is 191 Å². The normalized spacial score (nSPS) is 17.0. The first-order valence-corrected chi connectivity index (χ1v) is 56.8. The third-order valence-corrected chi connectivity index (χ3v) is 34.7. The zero-order valence-corrected chi connectivity index (χ0v) is 96.1. The van der Waals surface area contributed by atoms with Gasteiger partial charge < -0.3 is 40.9 Å². The molecule has 0 saturated carbocycles. The summed E-state index contributed by atoms with van der Waals surface area (Å²) in [7, 11) is 3.94. The minimum absolute atomic E-state index is 0.152. The predicted octanol–water partition coefficient (Wildman–Crippen LogP) is 20.8. The van der Waals surface area contributed by atoms with Crippen LogP contribution in [0.4, 0.5) is 0 Å². The number of hydrogen-bond acceptors (Lipinski definition) is 12. The number of pyridine rings is 6. The third kappa shape index (κ3) is 24.8. The first kappa shape index (κ1) is 107. The highest BCUT2D eigenvalue weighted by atomic mass is 79.9. The van der Waals surface area contributed by atoms with Gasteiger partial charge in [0.25, 0.3) is 22.8 Å². The number of carbonyl (C=O) groups is 4. The number of amides is 4. The summed E-state index contributed by atoms with van der Waals surface area (Å²) < 4.78 is 16.0. The van der Waals surface area contributed by atoms with E-state index < -0.39 is 0 Å². The van der Waals surface area contributed by atoms with Crippen molar-refractivity contribution in [3.05, 3.63) is 350 Å². The molecule has 144 heavy (non-hydrogen) atoms. The molecule has 34 heteroatoms. The number of aromatic nitrogens is 6. The van der Waals surface area contributed by atoms with E-state index in [4.69, 9.17) is 57.9 Å². The summed E-state index contributed by atoms with van der Waals surface area (Å²) in [6.07, 6.45) is 33.2. The molecule has 0 atom stereocenters. The van der Waals surface area contributed by atoms with E-state index in [-0.39, 0.29) is 23.6 Å². The molecule has 0 unspecified atom stereocenters. The van der Waals surface area contributed by atoms with Crippen molar-refractivity contribution in [2.75, 3.05) is 78.5 Å².